The van der Waals surface area contributed by atoms with Crippen molar-refractivity contribution in [2.45, 2.75) is 127 Å². The van der Waals surface area contributed by atoms with Crippen LogP contribution >= 0.6 is 0 Å². The third-order valence-electron chi connectivity index (χ3n) is 8.50. The number of esters is 2. The Kier molecular flexibility index (Phi) is 14.7. The Hall–Kier alpha value is -1.99. The summed E-state index contributed by atoms with van der Waals surface area (Å²) in [7, 11) is 1.44. The number of hydrogen-bond acceptors (Lipinski definition) is 7. The Morgan fingerprint density at radius 3 is 2.59 bits per heavy atom. The first-order valence-corrected chi connectivity index (χ1v) is 18.3. The van der Waals surface area contributed by atoms with Crippen LogP contribution in [0.4, 0.5) is 0 Å². The molecule has 1 heterocycles. The molecule has 1 saturated carbocycles. The fourth-order valence-electron chi connectivity index (χ4n) is 6.23. The molecule has 0 N–H and O–H groups in total. The number of ether oxygens (including phenoxy) is 4. The van der Waals surface area contributed by atoms with Crippen LogP contribution in [0.15, 0.2) is 42.5 Å². The quantitative estimate of drug-likeness (QED) is 0.0692. The average molecular weight is 681 g/mol. The van der Waals surface area contributed by atoms with E-state index in [1.54, 1.807) is 0 Å². The van der Waals surface area contributed by atoms with Crippen LogP contribution < -0.4 is 4.46 Å². The summed E-state index contributed by atoms with van der Waals surface area (Å²) in [5, 5.41) is 0. The minimum absolute atomic E-state index is 0.0243. The normalized spacial score (nSPS) is 26.3. The van der Waals surface area contributed by atoms with Crippen LogP contribution in [0, 0.1) is 17.8 Å². The standard InChI is InChI=1S/C36H54O7Se/c1-5-6-15-26(2)24-28(38)21-22-31-30(32(42-27(3)37)25-33(31)43-35-20-13-14-23-41-35)18-11-8-12-19-34(36(39)40-4)44-29-16-9-7-10-17-29/h7,9-10,16-17,21-22,26,30-35H,5-6,8,11-15,18-20,23-25H2,1-4H3/b22-21+/t26-,30+,31+,32-,33+,34?,35?/m1/s1/i2D3. The van der Waals surface area contributed by atoms with Crippen LogP contribution in [0.3, 0.4) is 0 Å². The van der Waals surface area contributed by atoms with E-state index >= 15 is 0 Å². The number of benzene rings is 1. The maximum absolute atomic E-state index is 13.1. The summed E-state index contributed by atoms with van der Waals surface area (Å²) in [6.45, 7) is 1.88. The van der Waals surface area contributed by atoms with E-state index in [0.29, 0.717) is 19.4 Å². The zero-order valence-corrected chi connectivity index (χ0v) is 28.5. The van der Waals surface area contributed by atoms with E-state index in [0.717, 1.165) is 64.2 Å². The van der Waals surface area contributed by atoms with Gasteiger partial charge in [0, 0.05) is 10.7 Å². The molecule has 246 valence electrons. The van der Waals surface area contributed by atoms with Crippen molar-refractivity contribution in [1.82, 2.24) is 0 Å². The second-order valence-electron chi connectivity index (χ2n) is 12.0. The molecule has 3 rings (SSSR count). The molecule has 1 saturated heterocycles. The van der Waals surface area contributed by atoms with Crippen LogP contribution in [-0.2, 0) is 33.3 Å². The van der Waals surface area contributed by atoms with E-state index in [9.17, 15) is 14.4 Å². The van der Waals surface area contributed by atoms with Crippen molar-refractivity contribution in [3.05, 3.63) is 42.5 Å². The van der Waals surface area contributed by atoms with Gasteiger partial charge in [0.25, 0.3) is 0 Å². The van der Waals surface area contributed by atoms with Gasteiger partial charge in [0.15, 0.2) is 0 Å². The fourth-order valence-corrected chi connectivity index (χ4v) is 8.58. The summed E-state index contributed by atoms with van der Waals surface area (Å²) >= 11 is -0.0243. The topological polar surface area (TPSA) is 88.1 Å². The molecule has 0 radical (unpaired) electrons. The Morgan fingerprint density at radius 2 is 1.91 bits per heavy atom. The van der Waals surface area contributed by atoms with E-state index in [-0.39, 0.29) is 74.2 Å². The molecule has 1 aliphatic heterocycles. The van der Waals surface area contributed by atoms with Crippen molar-refractivity contribution in [3.63, 3.8) is 0 Å². The number of allylic oxidation sites excluding steroid dienone is 1. The van der Waals surface area contributed by atoms with Crippen LogP contribution in [0.2, 0.25) is 4.82 Å². The van der Waals surface area contributed by atoms with Gasteiger partial charge in [-0.15, -0.1) is 0 Å². The summed E-state index contributed by atoms with van der Waals surface area (Å²) in [5.41, 5.74) is 0. The van der Waals surface area contributed by atoms with Gasteiger partial charge in [-0.3, -0.25) is 0 Å². The van der Waals surface area contributed by atoms with E-state index in [1.807, 2.05) is 31.2 Å². The van der Waals surface area contributed by atoms with Crippen molar-refractivity contribution in [3.8, 4) is 0 Å². The van der Waals surface area contributed by atoms with Crippen molar-refractivity contribution in [2.75, 3.05) is 13.7 Å². The van der Waals surface area contributed by atoms with Gasteiger partial charge in [-0.25, -0.2) is 0 Å². The average Bonchev–Trinajstić information content (AvgIpc) is 3.35. The predicted octanol–water partition coefficient (Wildman–Crippen LogP) is 6.75. The van der Waals surface area contributed by atoms with Crippen LogP contribution in [0.25, 0.3) is 0 Å². The monoisotopic (exact) mass is 681 g/mol. The number of methoxy groups -OCH3 is 1. The van der Waals surface area contributed by atoms with Gasteiger partial charge in [0.1, 0.15) is 0 Å². The zero-order valence-electron chi connectivity index (χ0n) is 29.7. The van der Waals surface area contributed by atoms with Gasteiger partial charge in [-0.05, 0) is 18.8 Å². The Bertz CT molecular complexity index is 1120. The van der Waals surface area contributed by atoms with Crippen LogP contribution in [0.5, 0.6) is 0 Å². The summed E-state index contributed by atoms with van der Waals surface area (Å²) in [6, 6.07) is 10.0. The van der Waals surface area contributed by atoms with Crippen molar-refractivity contribution < 1.29 is 37.4 Å². The first-order chi connectivity index (χ1) is 22.5. The molecule has 1 aliphatic carbocycles. The Morgan fingerprint density at radius 1 is 1.09 bits per heavy atom. The van der Waals surface area contributed by atoms with E-state index in [4.69, 9.17) is 23.1 Å². The number of hydrogen-bond donors (Lipinski definition) is 0. The summed E-state index contributed by atoms with van der Waals surface area (Å²) in [4.78, 5) is 37.7. The third kappa shape index (κ3) is 12.8. The van der Waals surface area contributed by atoms with Crippen molar-refractivity contribution >= 4 is 37.1 Å². The molecule has 0 bridgehead atoms. The third-order valence-corrected chi connectivity index (χ3v) is 11.1. The molecular formula is C36H54O7Se. The molecule has 2 aliphatic rings. The molecule has 0 amide bonds. The molecule has 0 aromatic heterocycles. The summed E-state index contributed by atoms with van der Waals surface area (Å²) in [5.74, 6) is -1.67. The fraction of sp³-hybridized carbons (Fsp3) is 0.694. The SMILES string of the molecule is [2H]C([2H])([2H])[C@H](CCCC)CC(=O)/C=C/[C@H]1[C@H](CCCCCC([Se]c2ccccc2)C(=O)OC)[C@H](OC(C)=O)C[C@@H]1OC1CCCCO1. The smallest absolute Gasteiger partial charge is 0.0463 e. The predicted molar refractivity (Wildman–Crippen MR) is 174 cm³/mol. The number of carbonyl (C=O) groups is 3. The number of unbranched alkanes of at least 4 members (excludes halogenated alkanes) is 3. The Labute approximate surface area is 275 Å². The minimum atomic E-state index is -2.19. The summed E-state index contributed by atoms with van der Waals surface area (Å²) < 4.78 is 48.3. The maximum atomic E-state index is 13.1. The number of rotatable bonds is 19. The van der Waals surface area contributed by atoms with Crippen molar-refractivity contribution in [1.29, 1.82) is 0 Å². The van der Waals surface area contributed by atoms with Gasteiger partial charge >= 0.3 is 214 Å². The number of carbonyl (C=O) groups excluding carboxylic acids is 3. The van der Waals surface area contributed by atoms with E-state index in [2.05, 4.69) is 12.1 Å². The van der Waals surface area contributed by atoms with Gasteiger partial charge in [0.05, 0.1) is 0 Å². The molecule has 0 spiro atoms. The van der Waals surface area contributed by atoms with Gasteiger partial charge in [0.2, 0.25) is 0 Å². The van der Waals surface area contributed by atoms with E-state index in [1.165, 1.54) is 24.6 Å². The van der Waals surface area contributed by atoms with E-state index < -0.39 is 12.8 Å². The molecular weight excluding hydrogens is 623 g/mol. The van der Waals surface area contributed by atoms with Gasteiger partial charge in [-0.2, -0.15) is 0 Å². The molecule has 2 unspecified atom stereocenters. The van der Waals surface area contributed by atoms with Crippen LogP contribution in [0.1, 0.15) is 108 Å². The summed E-state index contributed by atoms with van der Waals surface area (Å²) in [6.07, 6.45) is 11.9. The first kappa shape index (κ1) is 32.0. The second kappa shape index (κ2) is 20.2. The minimum Gasteiger partial charge on any atom is -0.0463 e. The molecule has 7 nitrogen and oxygen atoms in total. The van der Waals surface area contributed by atoms with Crippen molar-refractivity contribution in [2.24, 2.45) is 17.8 Å². The second-order valence-corrected chi connectivity index (χ2v) is 14.7. The van der Waals surface area contributed by atoms with Gasteiger partial charge < -0.3 is 0 Å². The number of ketones is 1. The zero-order chi connectivity index (χ0) is 34.2. The van der Waals surface area contributed by atoms with Gasteiger partial charge in [-0.1, -0.05) is 33.0 Å². The van der Waals surface area contributed by atoms with Crippen LogP contribution in [-0.4, -0.2) is 64.9 Å². The molecule has 1 aromatic rings. The molecule has 7 atom stereocenters. The Balaban J connectivity index is 1.70. The molecule has 44 heavy (non-hydrogen) atoms. The molecule has 8 heteroatoms. The first-order valence-electron chi connectivity index (χ1n) is 18.0. The molecule has 2 fully saturated rings. The molecule has 1 aromatic carbocycles.